The minimum Gasteiger partial charge on any atom is -0.311 e. The largest absolute Gasteiger partial charge is 0.311 e. The highest BCUT2D eigenvalue weighted by Gasteiger charge is 2.10. The fourth-order valence-electron chi connectivity index (χ4n) is 2.06. The Labute approximate surface area is 107 Å². The van der Waals surface area contributed by atoms with E-state index in [2.05, 4.69) is 11.9 Å². The Bertz CT molecular complexity index is 604. The van der Waals surface area contributed by atoms with Gasteiger partial charge < -0.3 is 5.01 Å². The van der Waals surface area contributed by atoms with Gasteiger partial charge in [0.1, 0.15) is 0 Å². The van der Waals surface area contributed by atoms with Gasteiger partial charge in [-0.15, -0.1) is 0 Å². The molecule has 0 spiro atoms. The molecule has 0 atom stereocenters. The maximum Gasteiger partial charge on any atom is 0.273 e. The van der Waals surface area contributed by atoms with Gasteiger partial charge in [-0.2, -0.15) is 0 Å². The van der Waals surface area contributed by atoms with E-state index >= 15 is 0 Å². The van der Waals surface area contributed by atoms with Crippen LogP contribution in [0.4, 0.5) is 0 Å². The van der Waals surface area contributed by atoms with Crippen molar-refractivity contribution in [2.24, 2.45) is 0 Å². The highest BCUT2D eigenvalue weighted by molar-refractivity contribution is 5.75. The van der Waals surface area contributed by atoms with Crippen LogP contribution in [-0.2, 0) is 0 Å². The van der Waals surface area contributed by atoms with Crippen LogP contribution in [0, 0.1) is 6.92 Å². The third-order valence-electron chi connectivity index (χ3n) is 3.10. The molecule has 0 bridgehead atoms. The van der Waals surface area contributed by atoms with Crippen LogP contribution < -0.4 is 10.6 Å². The van der Waals surface area contributed by atoms with Gasteiger partial charge in [0.2, 0.25) is 0 Å². The van der Waals surface area contributed by atoms with E-state index in [-0.39, 0.29) is 5.56 Å². The molecule has 18 heavy (non-hydrogen) atoms. The van der Waals surface area contributed by atoms with Crippen LogP contribution in [0.1, 0.15) is 25.3 Å². The summed E-state index contributed by atoms with van der Waals surface area (Å²) in [6.45, 7) is 4.84. The van der Waals surface area contributed by atoms with Crippen molar-refractivity contribution in [2.45, 2.75) is 26.7 Å². The second kappa shape index (κ2) is 5.21. The van der Waals surface area contributed by atoms with Crippen LogP contribution in [0.25, 0.3) is 11.0 Å². The number of unbranched alkanes of at least 4 members (excludes halogenated alkanes) is 1. The lowest BCUT2D eigenvalue weighted by molar-refractivity contribution is 0.610. The molecule has 2 heterocycles. The van der Waals surface area contributed by atoms with Gasteiger partial charge in [0.05, 0.1) is 0 Å². The predicted molar refractivity (Wildman–Crippen MR) is 74.7 cm³/mol. The Balaban J connectivity index is 2.60. The van der Waals surface area contributed by atoms with Crippen LogP contribution in [-0.4, -0.2) is 23.3 Å². The van der Waals surface area contributed by atoms with Gasteiger partial charge >= 0.3 is 0 Å². The lowest BCUT2D eigenvalue weighted by Gasteiger charge is -2.23. The van der Waals surface area contributed by atoms with Crippen molar-refractivity contribution in [3.05, 3.63) is 40.3 Å². The number of rotatable bonds is 4. The number of nitrogens with zero attached hydrogens (tertiary/aromatic N) is 3. The number of aryl methyl sites for hydroxylation is 1. The maximum absolute atomic E-state index is 12.3. The van der Waals surface area contributed by atoms with Crippen LogP contribution in [0.15, 0.2) is 29.2 Å². The molecule has 0 saturated carbocycles. The summed E-state index contributed by atoms with van der Waals surface area (Å²) in [5.41, 5.74) is 1.49. The second-order valence-corrected chi connectivity index (χ2v) is 4.60. The van der Waals surface area contributed by atoms with Crippen LogP contribution in [0.5, 0.6) is 0 Å². The quantitative estimate of drug-likeness (QED) is 0.827. The molecule has 96 valence electrons. The Morgan fingerprint density at radius 1 is 1.44 bits per heavy atom. The Morgan fingerprint density at radius 2 is 2.22 bits per heavy atom. The number of pyridine rings is 2. The molecule has 0 aliphatic rings. The van der Waals surface area contributed by atoms with Gasteiger partial charge in [0.25, 0.3) is 5.56 Å². The van der Waals surface area contributed by atoms with Crippen molar-refractivity contribution in [3.8, 4) is 0 Å². The molecule has 0 aromatic carbocycles. The minimum absolute atomic E-state index is 0.0137. The molecule has 0 amide bonds. The summed E-state index contributed by atoms with van der Waals surface area (Å²) in [7, 11) is 1.94. The van der Waals surface area contributed by atoms with E-state index in [9.17, 15) is 4.79 Å². The summed E-state index contributed by atoms with van der Waals surface area (Å²) in [5, 5.41) is 2.95. The van der Waals surface area contributed by atoms with E-state index in [0.717, 1.165) is 36.0 Å². The lowest BCUT2D eigenvalue weighted by atomic mass is 10.2. The molecule has 0 saturated heterocycles. The van der Waals surface area contributed by atoms with E-state index in [1.807, 2.05) is 37.2 Å². The molecule has 2 aromatic heterocycles. The summed E-state index contributed by atoms with van der Waals surface area (Å²) < 4.78 is 1.68. The first-order valence-corrected chi connectivity index (χ1v) is 6.34. The second-order valence-electron chi connectivity index (χ2n) is 4.60. The van der Waals surface area contributed by atoms with Gasteiger partial charge in [-0.3, -0.25) is 4.79 Å². The third-order valence-corrected chi connectivity index (χ3v) is 3.10. The number of hydrogen-bond donors (Lipinski definition) is 0. The molecule has 0 radical (unpaired) electrons. The fraction of sp³-hybridized carbons (Fsp3) is 0.429. The average Bonchev–Trinajstić information content (AvgIpc) is 2.37. The fourth-order valence-corrected chi connectivity index (χ4v) is 2.06. The molecule has 2 rings (SSSR count). The highest BCUT2D eigenvalue weighted by Crippen LogP contribution is 2.10. The van der Waals surface area contributed by atoms with Gasteiger partial charge in [-0.1, -0.05) is 13.3 Å². The average molecular weight is 245 g/mol. The summed E-state index contributed by atoms with van der Waals surface area (Å²) in [5.74, 6) is 0. The first kappa shape index (κ1) is 12.6. The molecule has 0 unspecified atom stereocenters. The van der Waals surface area contributed by atoms with Gasteiger partial charge in [0, 0.05) is 30.7 Å². The van der Waals surface area contributed by atoms with Crippen LogP contribution in [0.2, 0.25) is 0 Å². The SMILES string of the molecule is CCCCN(C)n1c(=O)c(C)cc2cccnc21. The Hall–Kier alpha value is -1.84. The Kier molecular flexibility index (Phi) is 3.65. The van der Waals surface area contributed by atoms with Crippen molar-refractivity contribution >= 4 is 11.0 Å². The minimum atomic E-state index is 0.0137. The molecule has 4 heteroatoms. The topological polar surface area (TPSA) is 38.1 Å². The molecule has 0 aliphatic carbocycles. The standard InChI is InChI=1S/C14H19N3O/c1-4-5-9-16(3)17-13-12(7-6-8-15-13)10-11(2)14(17)18/h6-8,10H,4-5,9H2,1-3H3. The molecular weight excluding hydrogens is 226 g/mol. The van der Waals surface area contributed by atoms with Gasteiger partial charge in [0.15, 0.2) is 5.65 Å². The Morgan fingerprint density at radius 3 is 2.94 bits per heavy atom. The van der Waals surface area contributed by atoms with Gasteiger partial charge in [-0.25, -0.2) is 9.66 Å². The lowest BCUT2D eigenvalue weighted by Crippen LogP contribution is -2.41. The van der Waals surface area contributed by atoms with E-state index in [4.69, 9.17) is 0 Å². The monoisotopic (exact) mass is 245 g/mol. The number of fused-ring (bicyclic) bond motifs is 1. The van der Waals surface area contributed by atoms with Crippen LogP contribution in [0.3, 0.4) is 0 Å². The smallest absolute Gasteiger partial charge is 0.273 e. The zero-order valence-electron chi connectivity index (χ0n) is 11.2. The molecule has 0 fully saturated rings. The van der Waals surface area contributed by atoms with Gasteiger partial charge in [-0.05, 0) is 31.5 Å². The maximum atomic E-state index is 12.3. The highest BCUT2D eigenvalue weighted by atomic mass is 16.1. The molecule has 4 nitrogen and oxygen atoms in total. The third kappa shape index (κ3) is 2.23. The van der Waals surface area contributed by atoms with Crippen LogP contribution >= 0.6 is 0 Å². The van der Waals surface area contributed by atoms with Crippen molar-refractivity contribution in [2.75, 3.05) is 18.6 Å². The molecule has 2 aromatic rings. The predicted octanol–water partition coefficient (Wildman–Crippen LogP) is 2.07. The zero-order chi connectivity index (χ0) is 13.1. The molecule has 0 N–H and O–H groups in total. The number of hydrogen-bond acceptors (Lipinski definition) is 3. The first-order chi connectivity index (χ1) is 8.65. The normalized spacial score (nSPS) is 10.8. The van der Waals surface area contributed by atoms with E-state index in [1.165, 1.54) is 0 Å². The summed E-state index contributed by atoms with van der Waals surface area (Å²) >= 11 is 0. The van der Waals surface area contributed by atoms with E-state index in [0.29, 0.717) is 0 Å². The first-order valence-electron chi connectivity index (χ1n) is 6.34. The zero-order valence-corrected chi connectivity index (χ0v) is 11.2. The summed E-state index contributed by atoms with van der Waals surface area (Å²) in [6, 6.07) is 5.77. The molecular formula is C14H19N3O. The van der Waals surface area contributed by atoms with Crippen molar-refractivity contribution in [1.82, 2.24) is 9.66 Å². The summed E-state index contributed by atoms with van der Waals surface area (Å²) in [6.07, 6.45) is 3.89. The van der Waals surface area contributed by atoms with Crippen molar-refractivity contribution in [3.63, 3.8) is 0 Å². The molecule has 0 aliphatic heterocycles. The van der Waals surface area contributed by atoms with E-state index < -0.39 is 0 Å². The van der Waals surface area contributed by atoms with E-state index in [1.54, 1.807) is 10.9 Å². The summed E-state index contributed by atoms with van der Waals surface area (Å²) in [4.78, 5) is 16.6. The van der Waals surface area contributed by atoms with Crippen molar-refractivity contribution < 1.29 is 0 Å². The number of aromatic nitrogens is 2. The van der Waals surface area contributed by atoms with Crippen molar-refractivity contribution in [1.29, 1.82) is 0 Å².